The first-order valence-corrected chi connectivity index (χ1v) is 8.19. The molecular formula is C23H16N2. The van der Waals surface area contributed by atoms with Crippen LogP contribution in [0.5, 0.6) is 0 Å². The minimum absolute atomic E-state index is 0.655. The molecule has 118 valence electrons. The molecule has 0 unspecified atom stereocenters. The fourth-order valence-corrected chi connectivity index (χ4v) is 3.00. The molecule has 2 heteroatoms. The Balaban J connectivity index is 1.78. The van der Waals surface area contributed by atoms with E-state index >= 15 is 0 Å². The molecule has 0 amide bonds. The Bertz CT molecular complexity index is 1080. The van der Waals surface area contributed by atoms with Gasteiger partial charge in [-0.15, -0.1) is 0 Å². The highest BCUT2D eigenvalue weighted by Crippen LogP contribution is 2.32. The van der Waals surface area contributed by atoms with E-state index in [2.05, 4.69) is 53.9 Å². The molecule has 0 radical (unpaired) electrons. The smallest absolute Gasteiger partial charge is 0.0991 e. The lowest BCUT2D eigenvalue weighted by molar-refractivity contribution is 1.47. The lowest BCUT2D eigenvalue weighted by Crippen LogP contribution is -1.94. The van der Waals surface area contributed by atoms with Crippen molar-refractivity contribution in [1.29, 1.82) is 5.26 Å². The summed E-state index contributed by atoms with van der Waals surface area (Å²) in [5, 5.41) is 15.2. The van der Waals surface area contributed by atoms with Crippen molar-refractivity contribution in [3.05, 3.63) is 96.6 Å². The van der Waals surface area contributed by atoms with Crippen molar-refractivity contribution >= 4 is 22.1 Å². The topological polar surface area (TPSA) is 35.8 Å². The second kappa shape index (κ2) is 6.51. The van der Waals surface area contributed by atoms with E-state index in [0.717, 1.165) is 22.5 Å². The van der Waals surface area contributed by atoms with Crippen LogP contribution >= 0.6 is 0 Å². The van der Waals surface area contributed by atoms with Crippen molar-refractivity contribution in [2.45, 2.75) is 0 Å². The summed E-state index contributed by atoms with van der Waals surface area (Å²) in [5.41, 5.74) is 4.78. The highest BCUT2D eigenvalue weighted by atomic mass is 14.9. The number of nitrogens with zero attached hydrogens (tertiary/aromatic N) is 1. The zero-order valence-electron chi connectivity index (χ0n) is 13.6. The zero-order valence-corrected chi connectivity index (χ0v) is 13.6. The van der Waals surface area contributed by atoms with Gasteiger partial charge in [0.25, 0.3) is 0 Å². The Hall–Kier alpha value is -3.57. The number of nitrogens with one attached hydrogen (secondary N) is 1. The second-order valence-electron chi connectivity index (χ2n) is 5.93. The Labute approximate surface area is 147 Å². The third kappa shape index (κ3) is 3.08. The van der Waals surface area contributed by atoms with Crippen molar-refractivity contribution in [2.24, 2.45) is 0 Å². The van der Waals surface area contributed by atoms with E-state index in [1.807, 2.05) is 48.5 Å². The van der Waals surface area contributed by atoms with Gasteiger partial charge in [0.15, 0.2) is 0 Å². The normalized spacial score (nSPS) is 10.4. The number of fused-ring (bicyclic) bond motifs is 1. The highest BCUT2D eigenvalue weighted by Gasteiger charge is 2.07. The summed E-state index contributed by atoms with van der Waals surface area (Å²) in [6, 6.07) is 32.7. The Morgan fingerprint density at radius 2 is 1.44 bits per heavy atom. The maximum Gasteiger partial charge on any atom is 0.0991 e. The number of hydrogen-bond donors (Lipinski definition) is 1. The van der Waals surface area contributed by atoms with Gasteiger partial charge in [0, 0.05) is 16.9 Å². The quantitative estimate of drug-likeness (QED) is 0.493. The lowest BCUT2D eigenvalue weighted by atomic mass is 10.0. The Morgan fingerprint density at radius 3 is 2.24 bits per heavy atom. The van der Waals surface area contributed by atoms with Crippen LogP contribution in [0.3, 0.4) is 0 Å². The molecule has 4 rings (SSSR count). The molecule has 25 heavy (non-hydrogen) atoms. The monoisotopic (exact) mass is 320 g/mol. The lowest BCUT2D eigenvalue weighted by Gasteiger charge is -2.13. The van der Waals surface area contributed by atoms with E-state index < -0.39 is 0 Å². The van der Waals surface area contributed by atoms with Gasteiger partial charge in [-0.3, -0.25) is 0 Å². The molecule has 0 aliphatic heterocycles. The Kier molecular flexibility index (Phi) is 3.90. The van der Waals surface area contributed by atoms with Crippen molar-refractivity contribution in [2.75, 3.05) is 5.32 Å². The first-order chi connectivity index (χ1) is 12.3. The van der Waals surface area contributed by atoms with Gasteiger partial charge in [0.2, 0.25) is 0 Å². The summed E-state index contributed by atoms with van der Waals surface area (Å²) in [5.74, 6) is 0. The largest absolute Gasteiger partial charge is 0.355 e. The van der Waals surface area contributed by atoms with Crippen LogP contribution in [0.15, 0.2) is 91.0 Å². The molecule has 0 bridgehead atoms. The molecule has 0 saturated carbocycles. The number of benzene rings is 4. The van der Waals surface area contributed by atoms with Crippen LogP contribution in [0.2, 0.25) is 0 Å². The fraction of sp³-hybridized carbons (Fsp3) is 0. The first-order valence-electron chi connectivity index (χ1n) is 8.19. The van der Waals surface area contributed by atoms with Crippen molar-refractivity contribution in [3.8, 4) is 17.2 Å². The minimum Gasteiger partial charge on any atom is -0.355 e. The van der Waals surface area contributed by atoms with Crippen LogP contribution in [0, 0.1) is 11.3 Å². The fourth-order valence-electron chi connectivity index (χ4n) is 3.00. The van der Waals surface area contributed by atoms with E-state index in [-0.39, 0.29) is 0 Å². The summed E-state index contributed by atoms with van der Waals surface area (Å²) in [4.78, 5) is 0. The van der Waals surface area contributed by atoms with Crippen LogP contribution in [0.4, 0.5) is 11.4 Å². The van der Waals surface area contributed by atoms with E-state index in [4.69, 9.17) is 0 Å². The van der Waals surface area contributed by atoms with Gasteiger partial charge < -0.3 is 5.32 Å². The molecule has 0 fully saturated rings. The molecule has 0 aliphatic rings. The molecular weight excluding hydrogens is 304 g/mol. The molecule has 4 aromatic carbocycles. The van der Waals surface area contributed by atoms with Crippen LogP contribution in [-0.4, -0.2) is 0 Å². The molecule has 0 saturated heterocycles. The summed E-state index contributed by atoms with van der Waals surface area (Å²) >= 11 is 0. The zero-order chi connectivity index (χ0) is 17.1. The molecule has 0 atom stereocenters. The maximum atomic E-state index is 9.24. The number of hydrogen-bond acceptors (Lipinski definition) is 2. The average molecular weight is 320 g/mol. The van der Waals surface area contributed by atoms with Gasteiger partial charge in [-0.25, -0.2) is 0 Å². The maximum absolute atomic E-state index is 9.24. The van der Waals surface area contributed by atoms with Gasteiger partial charge in [-0.05, 0) is 46.7 Å². The SMILES string of the molecule is N#Cc1ccc(Nc2ccc3ccccc3c2)c(-c2ccccc2)c1. The van der Waals surface area contributed by atoms with Crippen LogP contribution in [0.25, 0.3) is 21.9 Å². The summed E-state index contributed by atoms with van der Waals surface area (Å²) in [6.45, 7) is 0. The standard InChI is InChI=1S/C23H16N2/c24-16-17-10-13-23(22(14-17)19-7-2-1-3-8-19)25-21-12-11-18-6-4-5-9-20(18)15-21/h1-15,25H. The molecule has 0 spiro atoms. The van der Waals surface area contributed by atoms with Gasteiger partial charge in [-0.1, -0.05) is 60.7 Å². The number of nitriles is 1. The number of rotatable bonds is 3. The predicted octanol–water partition coefficient (Wildman–Crippen LogP) is 6.12. The molecule has 1 N–H and O–H groups in total. The Morgan fingerprint density at radius 1 is 0.680 bits per heavy atom. The minimum atomic E-state index is 0.655. The highest BCUT2D eigenvalue weighted by molar-refractivity contribution is 5.88. The first kappa shape index (κ1) is 15.0. The summed E-state index contributed by atoms with van der Waals surface area (Å²) < 4.78 is 0. The third-order valence-corrected chi connectivity index (χ3v) is 4.26. The van der Waals surface area contributed by atoms with Crippen LogP contribution in [-0.2, 0) is 0 Å². The number of anilines is 2. The van der Waals surface area contributed by atoms with E-state index in [1.165, 1.54) is 10.8 Å². The second-order valence-corrected chi connectivity index (χ2v) is 5.93. The molecule has 0 heterocycles. The van der Waals surface area contributed by atoms with Gasteiger partial charge in [0.05, 0.1) is 11.6 Å². The molecule has 2 nitrogen and oxygen atoms in total. The van der Waals surface area contributed by atoms with Crippen molar-refractivity contribution in [3.63, 3.8) is 0 Å². The average Bonchev–Trinajstić information content (AvgIpc) is 2.69. The van der Waals surface area contributed by atoms with Crippen molar-refractivity contribution < 1.29 is 0 Å². The summed E-state index contributed by atoms with van der Waals surface area (Å²) in [7, 11) is 0. The van der Waals surface area contributed by atoms with Crippen molar-refractivity contribution in [1.82, 2.24) is 0 Å². The van der Waals surface area contributed by atoms with Crippen LogP contribution < -0.4 is 5.32 Å². The van der Waals surface area contributed by atoms with E-state index in [1.54, 1.807) is 0 Å². The van der Waals surface area contributed by atoms with E-state index in [9.17, 15) is 5.26 Å². The molecule has 4 aromatic rings. The third-order valence-electron chi connectivity index (χ3n) is 4.26. The van der Waals surface area contributed by atoms with Crippen LogP contribution in [0.1, 0.15) is 5.56 Å². The molecule has 0 aromatic heterocycles. The van der Waals surface area contributed by atoms with Gasteiger partial charge in [0.1, 0.15) is 0 Å². The predicted molar refractivity (Wildman–Crippen MR) is 104 cm³/mol. The van der Waals surface area contributed by atoms with Gasteiger partial charge >= 0.3 is 0 Å². The summed E-state index contributed by atoms with van der Waals surface area (Å²) in [6.07, 6.45) is 0. The van der Waals surface area contributed by atoms with E-state index in [0.29, 0.717) is 5.56 Å². The van der Waals surface area contributed by atoms with Gasteiger partial charge in [-0.2, -0.15) is 5.26 Å². The molecule has 0 aliphatic carbocycles.